The number of hydrogen-bond donors (Lipinski definition) is 3. The molecule has 7 heteroatoms. The minimum absolute atomic E-state index is 0.168. The van der Waals surface area contributed by atoms with Crippen molar-refractivity contribution in [2.45, 2.75) is 31.1 Å². The Kier molecular flexibility index (Phi) is 3.33. The number of hydrogen-bond acceptors (Lipinski definition) is 3. The van der Waals surface area contributed by atoms with Crippen molar-refractivity contribution in [3.8, 4) is 0 Å². The van der Waals surface area contributed by atoms with Gasteiger partial charge in [0, 0.05) is 0 Å². The number of aromatic amines is 2. The van der Waals surface area contributed by atoms with Gasteiger partial charge in [-0.2, -0.15) is 5.10 Å². The van der Waals surface area contributed by atoms with E-state index >= 15 is 0 Å². The summed E-state index contributed by atoms with van der Waals surface area (Å²) in [6.45, 7) is 5.22. The second kappa shape index (κ2) is 4.18. The highest BCUT2D eigenvalue weighted by atomic mass is 79.9. The Morgan fingerprint density at radius 2 is 2.20 bits per heavy atom. The van der Waals surface area contributed by atoms with E-state index in [4.69, 9.17) is 0 Å². The Bertz CT molecular complexity index is 403. The van der Waals surface area contributed by atoms with Crippen molar-refractivity contribution in [2.75, 3.05) is 0 Å². The monoisotopic (exact) mass is 276 g/mol. The number of nitrogens with one attached hydrogen (secondary N) is 3. The molecular weight excluding hydrogens is 264 g/mol. The van der Waals surface area contributed by atoms with Crippen LogP contribution in [0.15, 0.2) is 4.79 Å². The summed E-state index contributed by atoms with van der Waals surface area (Å²) < 4.78 is -0.641. The van der Waals surface area contributed by atoms with Crippen LogP contribution in [0.4, 0.5) is 0 Å². The third-order valence-corrected chi connectivity index (χ3v) is 2.18. The minimum atomic E-state index is -0.641. The van der Waals surface area contributed by atoms with Crippen LogP contribution in [-0.2, 0) is 4.79 Å². The zero-order valence-electron chi connectivity index (χ0n) is 8.72. The van der Waals surface area contributed by atoms with Gasteiger partial charge >= 0.3 is 5.69 Å². The lowest BCUT2D eigenvalue weighted by molar-refractivity contribution is -0.123. The van der Waals surface area contributed by atoms with Crippen LogP contribution in [0.25, 0.3) is 0 Å². The molecule has 15 heavy (non-hydrogen) atoms. The van der Waals surface area contributed by atoms with Crippen molar-refractivity contribution in [2.24, 2.45) is 0 Å². The zero-order valence-corrected chi connectivity index (χ0v) is 10.3. The smallest absolute Gasteiger partial charge is 0.340 e. The fraction of sp³-hybridized carbons (Fsp3) is 0.625. The molecule has 1 aromatic rings. The average molecular weight is 277 g/mol. The molecule has 6 nitrogen and oxygen atoms in total. The molecule has 1 atom stereocenters. The van der Waals surface area contributed by atoms with Gasteiger partial charge in [0.25, 0.3) is 0 Å². The molecule has 1 rings (SSSR count). The van der Waals surface area contributed by atoms with Crippen molar-refractivity contribution in [3.63, 3.8) is 0 Å². The number of carbonyl (C=O) groups excluding carboxylic acids is 1. The largest absolute Gasteiger partial charge is 0.345 e. The van der Waals surface area contributed by atoms with Crippen molar-refractivity contribution in [3.05, 3.63) is 16.3 Å². The number of halogens is 1. The Labute approximate surface area is 95.0 Å². The normalized spacial score (nSPS) is 13.6. The average Bonchev–Trinajstić information content (AvgIpc) is 2.50. The van der Waals surface area contributed by atoms with E-state index in [1.807, 2.05) is 0 Å². The third-order valence-electron chi connectivity index (χ3n) is 1.82. The van der Waals surface area contributed by atoms with Gasteiger partial charge in [-0.1, -0.05) is 15.9 Å². The first kappa shape index (κ1) is 12.0. The molecule has 0 aliphatic rings. The summed E-state index contributed by atoms with van der Waals surface area (Å²) in [6, 6.07) is -0.340. The number of aromatic nitrogens is 3. The van der Waals surface area contributed by atoms with Crippen LogP contribution in [0.3, 0.4) is 0 Å². The number of nitrogens with zero attached hydrogens (tertiary/aromatic N) is 1. The predicted octanol–water partition coefficient (Wildman–Crippen LogP) is 0.449. The molecule has 0 saturated heterocycles. The maximum Gasteiger partial charge on any atom is 0.340 e. The van der Waals surface area contributed by atoms with E-state index in [0.717, 1.165) is 0 Å². The fourth-order valence-corrected chi connectivity index (χ4v) is 1.04. The molecule has 0 saturated carbocycles. The Morgan fingerprint density at radius 1 is 1.60 bits per heavy atom. The molecule has 0 aromatic carbocycles. The molecule has 1 amide bonds. The van der Waals surface area contributed by atoms with Crippen molar-refractivity contribution in [1.29, 1.82) is 0 Å². The highest BCUT2D eigenvalue weighted by molar-refractivity contribution is 9.10. The van der Waals surface area contributed by atoms with Crippen LogP contribution in [0.5, 0.6) is 0 Å². The van der Waals surface area contributed by atoms with E-state index in [2.05, 4.69) is 36.4 Å². The molecular formula is C8H13BrN4O2. The van der Waals surface area contributed by atoms with Crippen molar-refractivity contribution < 1.29 is 4.79 Å². The highest BCUT2D eigenvalue weighted by Crippen LogP contribution is 2.17. The molecule has 1 heterocycles. The maximum absolute atomic E-state index is 11.6. The van der Waals surface area contributed by atoms with Gasteiger partial charge in [0.15, 0.2) is 5.82 Å². The molecule has 0 spiro atoms. The quantitative estimate of drug-likeness (QED) is 0.700. The molecule has 0 fully saturated rings. The van der Waals surface area contributed by atoms with E-state index in [9.17, 15) is 9.59 Å². The second-order valence-corrected chi connectivity index (χ2v) is 5.71. The maximum atomic E-state index is 11.6. The summed E-state index contributed by atoms with van der Waals surface area (Å²) in [5.41, 5.74) is -0.385. The summed E-state index contributed by atoms with van der Waals surface area (Å²) >= 11 is 3.24. The standard InChI is InChI=1S/C8H13BrN4O2/c1-4(5-11-7(15)13-12-5)10-6(14)8(2,3)9/h4H,1-3H3,(H,10,14)(H2,11,12,13,15). The van der Waals surface area contributed by atoms with E-state index in [1.54, 1.807) is 20.8 Å². The number of rotatable bonds is 3. The summed E-state index contributed by atoms with van der Waals surface area (Å²) in [5, 5.41) is 8.68. The first-order chi connectivity index (χ1) is 6.80. The molecule has 0 radical (unpaired) electrons. The van der Waals surface area contributed by atoms with Gasteiger partial charge in [-0.15, -0.1) is 0 Å². The van der Waals surface area contributed by atoms with Crippen molar-refractivity contribution >= 4 is 21.8 Å². The fourth-order valence-electron chi connectivity index (χ4n) is 0.925. The van der Waals surface area contributed by atoms with Gasteiger partial charge in [-0.25, -0.2) is 9.89 Å². The molecule has 1 aromatic heterocycles. The molecule has 84 valence electrons. The van der Waals surface area contributed by atoms with Gasteiger partial charge in [0.1, 0.15) is 0 Å². The van der Waals surface area contributed by atoms with Crippen LogP contribution in [0.2, 0.25) is 0 Å². The molecule has 0 bridgehead atoms. The van der Waals surface area contributed by atoms with Crippen LogP contribution < -0.4 is 11.0 Å². The molecule has 3 N–H and O–H groups in total. The number of amides is 1. The number of H-pyrrole nitrogens is 2. The van der Waals surface area contributed by atoms with Crippen LogP contribution in [0.1, 0.15) is 32.6 Å². The summed E-state index contributed by atoms with van der Waals surface area (Å²) in [5.74, 6) is 0.240. The van der Waals surface area contributed by atoms with E-state index < -0.39 is 4.32 Å². The summed E-state index contributed by atoms with van der Waals surface area (Å²) in [6.07, 6.45) is 0. The lowest BCUT2D eigenvalue weighted by atomic mass is 10.2. The van der Waals surface area contributed by atoms with Crippen molar-refractivity contribution in [1.82, 2.24) is 20.5 Å². The summed E-state index contributed by atoms with van der Waals surface area (Å²) in [4.78, 5) is 24.8. The van der Waals surface area contributed by atoms with Gasteiger partial charge in [0.05, 0.1) is 10.4 Å². The predicted molar refractivity (Wildman–Crippen MR) is 58.8 cm³/mol. The van der Waals surface area contributed by atoms with Gasteiger partial charge in [-0.05, 0) is 20.8 Å². The highest BCUT2D eigenvalue weighted by Gasteiger charge is 2.25. The first-order valence-electron chi connectivity index (χ1n) is 4.45. The van der Waals surface area contributed by atoms with Crippen LogP contribution in [0, 0.1) is 0 Å². The van der Waals surface area contributed by atoms with E-state index in [-0.39, 0.29) is 17.6 Å². The number of carbonyl (C=O) groups is 1. The van der Waals surface area contributed by atoms with E-state index in [1.165, 1.54) is 0 Å². The lowest BCUT2D eigenvalue weighted by Crippen LogP contribution is -2.39. The third kappa shape index (κ3) is 3.19. The molecule has 1 unspecified atom stereocenters. The lowest BCUT2D eigenvalue weighted by Gasteiger charge is -2.18. The van der Waals surface area contributed by atoms with Gasteiger partial charge in [0.2, 0.25) is 5.91 Å². The SMILES string of the molecule is CC(NC(=O)C(C)(C)Br)c1n[nH]c(=O)[nH]1. The van der Waals surface area contributed by atoms with Gasteiger partial charge < -0.3 is 5.32 Å². The minimum Gasteiger partial charge on any atom is -0.345 e. The van der Waals surface area contributed by atoms with Gasteiger partial charge in [-0.3, -0.25) is 9.78 Å². The molecule has 0 aliphatic carbocycles. The molecule has 0 aliphatic heterocycles. The van der Waals surface area contributed by atoms with Crippen LogP contribution in [-0.4, -0.2) is 25.4 Å². The topological polar surface area (TPSA) is 90.6 Å². The summed E-state index contributed by atoms with van der Waals surface area (Å²) in [7, 11) is 0. The zero-order chi connectivity index (χ0) is 11.6. The van der Waals surface area contributed by atoms with E-state index in [0.29, 0.717) is 5.82 Å². The Balaban J connectivity index is 2.68. The Hall–Kier alpha value is -1.11. The number of alkyl halides is 1. The second-order valence-electron chi connectivity index (χ2n) is 3.73. The van der Waals surface area contributed by atoms with Crippen LogP contribution >= 0.6 is 15.9 Å². The first-order valence-corrected chi connectivity index (χ1v) is 5.24. The Morgan fingerprint density at radius 3 is 2.60 bits per heavy atom.